The number of nitrogens with zero attached hydrogens (tertiary/aromatic N) is 5. The summed E-state index contributed by atoms with van der Waals surface area (Å²) in [5.74, 6) is 1.15. The van der Waals surface area contributed by atoms with Gasteiger partial charge in [-0.3, -0.25) is 9.08 Å². The first kappa shape index (κ1) is 20.5. The van der Waals surface area contributed by atoms with Crippen LogP contribution in [0.2, 0.25) is 0 Å². The molecule has 0 unspecified atom stereocenters. The quantitative estimate of drug-likeness (QED) is 0.489. The van der Waals surface area contributed by atoms with Gasteiger partial charge in [-0.1, -0.05) is 0 Å². The molecule has 7 nitrogen and oxygen atoms in total. The number of aryl methyl sites for hydroxylation is 2. The molecule has 0 radical (unpaired) electrons. The highest BCUT2D eigenvalue weighted by molar-refractivity contribution is 5.81. The number of rotatable bonds is 5. The van der Waals surface area contributed by atoms with Gasteiger partial charge in [-0.2, -0.15) is 5.10 Å². The number of aromatic nitrogens is 5. The third-order valence-electron chi connectivity index (χ3n) is 6.06. The molecule has 0 saturated carbocycles. The van der Waals surface area contributed by atoms with Crippen LogP contribution in [0.15, 0.2) is 24.5 Å². The SMILES string of the molecule is Cc1cn2c(NCc3c(F)ccc4c3CCO4)ncc(-c3c(C)nn(C(C)C)c3C)c2n1. The molecule has 4 heterocycles. The van der Waals surface area contributed by atoms with Crippen LogP contribution in [0.1, 0.15) is 48.1 Å². The molecule has 0 bridgehead atoms. The molecule has 32 heavy (non-hydrogen) atoms. The first-order valence-corrected chi connectivity index (χ1v) is 10.9. The monoisotopic (exact) mass is 434 g/mol. The van der Waals surface area contributed by atoms with Crippen LogP contribution < -0.4 is 10.1 Å². The summed E-state index contributed by atoms with van der Waals surface area (Å²) in [7, 11) is 0. The topological polar surface area (TPSA) is 69.3 Å². The Bertz CT molecular complexity index is 1340. The largest absolute Gasteiger partial charge is 0.493 e. The van der Waals surface area contributed by atoms with Crippen LogP contribution in [0.25, 0.3) is 16.8 Å². The van der Waals surface area contributed by atoms with Crippen molar-refractivity contribution in [1.82, 2.24) is 24.1 Å². The zero-order valence-electron chi connectivity index (χ0n) is 19.0. The summed E-state index contributed by atoms with van der Waals surface area (Å²) in [4.78, 5) is 9.46. The fourth-order valence-corrected chi connectivity index (χ4v) is 4.63. The van der Waals surface area contributed by atoms with Crippen molar-refractivity contribution >= 4 is 11.6 Å². The van der Waals surface area contributed by atoms with Gasteiger partial charge in [-0.25, -0.2) is 14.4 Å². The van der Waals surface area contributed by atoms with Gasteiger partial charge in [0.15, 0.2) is 0 Å². The van der Waals surface area contributed by atoms with Crippen LogP contribution in [0.4, 0.5) is 10.3 Å². The van der Waals surface area contributed by atoms with E-state index in [1.807, 2.05) is 35.3 Å². The van der Waals surface area contributed by atoms with Gasteiger partial charge in [0.05, 0.1) is 18.0 Å². The highest BCUT2D eigenvalue weighted by atomic mass is 19.1. The Morgan fingerprint density at radius 3 is 2.78 bits per heavy atom. The Kier molecular flexibility index (Phi) is 4.87. The molecule has 0 spiro atoms. The van der Waals surface area contributed by atoms with Crippen LogP contribution in [0, 0.1) is 26.6 Å². The summed E-state index contributed by atoms with van der Waals surface area (Å²) >= 11 is 0. The minimum atomic E-state index is -0.233. The van der Waals surface area contributed by atoms with Crippen molar-refractivity contribution in [2.24, 2.45) is 0 Å². The second-order valence-electron chi connectivity index (χ2n) is 8.61. The molecule has 1 N–H and O–H groups in total. The number of nitrogens with one attached hydrogen (secondary N) is 1. The van der Waals surface area contributed by atoms with Crippen molar-refractivity contribution in [3.63, 3.8) is 0 Å². The summed E-state index contributed by atoms with van der Waals surface area (Å²) in [6.07, 6.45) is 4.50. The number of hydrogen-bond donors (Lipinski definition) is 1. The zero-order chi connectivity index (χ0) is 22.6. The maximum Gasteiger partial charge on any atom is 0.208 e. The molecule has 8 heteroatoms. The van der Waals surface area contributed by atoms with Crippen LogP contribution in [0.3, 0.4) is 0 Å². The minimum Gasteiger partial charge on any atom is -0.493 e. The number of benzene rings is 1. The van der Waals surface area contributed by atoms with Gasteiger partial charge >= 0.3 is 0 Å². The van der Waals surface area contributed by atoms with Gasteiger partial charge in [0, 0.05) is 59.3 Å². The second kappa shape index (κ2) is 7.62. The molecule has 166 valence electrons. The van der Waals surface area contributed by atoms with Crippen LogP contribution in [0.5, 0.6) is 5.75 Å². The molecule has 0 amide bonds. The fraction of sp³-hybridized carbons (Fsp3) is 0.375. The fourth-order valence-electron chi connectivity index (χ4n) is 4.63. The van der Waals surface area contributed by atoms with E-state index in [1.165, 1.54) is 6.07 Å². The van der Waals surface area contributed by atoms with E-state index in [-0.39, 0.29) is 11.9 Å². The van der Waals surface area contributed by atoms with E-state index in [4.69, 9.17) is 19.8 Å². The molecule has 5 rings (SSSR count). The first-order valence-electron chi connectivity index (χ1n) is 10.9. The van der Waals surface area contributed by atoms with Gasteiger partial charge < -0.3 is 10.1 Å². The van der Waals surface area contributed by atoms with E-state index in [0.717, 1.165) is 45.2 Å². The molecule has 0 aliphatic carbocycles. The van der Waals surface area contributed by atoms with Gasteiger partial charge in [0.2, 0.25) is 5.95 Å². The van der Waals surface area contributed by atoms with Gasteiger partial charge in [-0.05, 0) is 46.8 Å². The van der Waals surface area contributed by atoms with Gasteiger partial charge in [-0.15, -0.1) is 0 Å². The first-order chi connectivity index (χ1) is 15.3. The molecule has 0 fully saturated rings. The molecule has 1 aromatic carbocycles. The maximum absolute atomic E-state index is 14.6. The average molecular weight is 435 g/mol. The Balaban J connectivity index is 1.55. The van der Waals surface area contributed by atoms with E-state index >= 15 is 0 Å². The Morgan fingerprint density at radius 1 is 1.22 bits per heavy atom. The van der Waals surface area contributed by atoms with Crippen LogP contribution in [-0.4, -0.2) is 30.8 Å². The summed E-state index contributed by atoms with van der Waals surface area (Å²) in [5, 5.41) is 8.04. The van der Waals surface area contributed by atoms with Crippen molar-refractivity contribution in [3.8, 4) is 16.9 Å². The van der Waals surface area contributed by atoms with Gasteiger partial charge in [0.25, 0.3) is 0 Å². The number of imidazole rings is 1. The van der Waals surface area contributed by atoms with Crippen molar-refractivity contribution < 1.29 is 9.13 Å². The normalized spacial score (nSPS) is 13.1. The predicted octanol–water partition coefficient (Wildman–Crippen LogP) is 4.79. The number of anilines is 1. The van der Waals surface area contributed by atoms with Gasteiger partial charge in [0.1, 0.15) is 17.2 Å². The molecule has 0 atom stereocenters. The summed E-state index contributed by atoms with van der Waals surface area (Å²) in [6, 6.07) is 3.43. The van der Waals surface area contributed by atoms with E-state index in [0.29, 0.717) is 31.1 Å². The molecule has 0 saturated heterocycles. The lowest BCUT2D eigenvalue weighted by Crippen LogP contribution is -2.10. The standard InChI is InChI=1S/C24H27FN6O/c1-13(2)31-16(5)22(15(4)29-31)19-11-27-24(30-12-14(3)28-23(19)30)26-10-18-17-8-9-32-21(17)7-6-20(18)25/h6-7,11-13H,8-10H2,1-5H3,(H,26,27). The number of ether oxygens (including phenoxy) is 1. The lowest BCUT2D eigenvalue weighted by molar-refractivity contribution is 0.356. The summed E-state index contributed by atoms with van der Waals surface area (Å²) in [6.45, 7) is 11.2. The van der Waals surface area contributed by atoms with Crippen LogP contribution in [-0.2, 0) is 13.0 Å². The summed E-state index contributed by atoms with van der Waals surface area (Å²) in [5.41, 5.74) is 7.27. The highest BCUT2D eigenvalue weighted by Gasteiger charge is 2.22. The number of halogens is 1. The molecular weight excluding hydrogens is 407 g/mol. The molecule has 4 aromatic rings. The van der Waals surface area contributed by atoms with Crippen molar-refractivity contribution in [2.45, 2.75) is 53.6 Å². The second-order valence-corrected chi connectivity index (χ2v) is 8.61. The van der Waals surface area contributed by atoms with E-state index in [9.17, 15) is 4.39 Å². The van der Waals surface area contributed by atoms with Crippen molar-refractivity contribution in [1.29, 1.82) is 0 Å². The van der Waals surface area contributed by atoms with Crippen molar-refractivity contribution in [2.75, 3.05) is 11.9 Å². The Hall–Kier alpha value is -3.42. The Labute approximate surface area is 186 Å². The van der Waals surface area contributed by atoms with Crippen LogP contribution >= 0.6 is 0 Å². The lowest BCUT2D eigenvalue weighted by atomic mass is 10.0. The highest BCUT2D eigenvalue weighted by Crippen LogP contribution is 2.33. The maximum atomic E-state index is 14.6. The molecular formula is C24H27FN6O. The predicted molar refractivity (Wildman–Crippen MR) is 122 cm³/mol. The third-order valence-corrected chi connectivity index (χ3v) is 6.06. The lowest BCUT2D eigenvalue weighted by Gasteiger charge is -2.13. The van der Waals surface area contributed by atoms with E-state index in [1.54, 1.807) is 6.07 Å². The average Bonchev–Trinajstić information content (AvgIpc) is 3.44. The molecule has 1 aliphatic rings. The smallest absolute Gasteiger partial charge is 0.208 e. The molecule has 1 aliphatic heterocycles. The van der Waals surface area contributed by atoms with Crippen molar-refractivity contribution in [3.05, 3.63) is 58.6 Å². The Morgan fingerprint density at radius 2 is 2.03 bits per heavy atom. The number of hydrogen-bond acceptors (Lipinski definition) is 5. The van der Waals surface area contributed by atoms with E-state index < -0.39 is 0 Å². The van der Waals surface area contributed by atoms with E-state index in [2.05, 4.69) is 26.1 Å². The minimum absolute atomic E-state index is 0.233. The molecule has 3 aromatic heterocycles. The zero-order valence-corrected chi connectivity index (χ0v) is 19.0. The third kappa shape index (κ3) is 3.21. The summed E-state index contributed by atoms with van der Waals surface area (Å²) < 4.78 is 24.1. The number of fused-ring (bicyclic) bond motifs is 2.